The molecule has 0 heterocycles. The van der Waals surface area contributed by atoms with Crippen molar-refractivity contribution in [3.8, 4) is 0 Å². The summed E-state index contributed by atoms with van der Waals surface area (Å²) in [6.45, 7) is 0.666. The second-order valence-electron chi connectivity index (χ2n) is 5.31. The molecule has 1 fully saturated rings. The van der Waals surface area contributed by atoms with Gasteiger partial charge >= 0.3 is 0 Å². The smallest absolute Gasteiger partial charge is 0.226 e. The third-order valence-electron chi connectivity index (χ3n) is 4.06. The fraction of sp³-hybridized carbons (Fsp3) is 0.533. The zero-order valence-electron chi connectivity index (χ0n) is 11.3. The molecule has 1 saturated carbocycles. The summed E-state index contributed by atoms with van der Waals surface area (Å²) in [5, 5.41) is 0.675. The third-order valence-corrected chi connectivity index (χ3v) is 4.29. The molecule has 19 heavy (non-hydrogen) atoms. The van der Waals surface area contributed by atoms with Crippen molar-refractivity contribution in [2.75, 3.05) is 13.6 Å². The summed E-state index contributed by atoms with van der Waals surface area (Å²) < 4.78 is 0. The molecule has 2 unspecified atom stereocenters. The predicted molar refractivity (Wildman–Crippen MR) is 78.1 cm³/mol. The molecule has 1 aliphatic carbocycles. The highest BCUT2D eigenvalue weighted by Gasteiger charge is 2.31. The van der Waals surface area contributed by atoms with Crippen LogP contribution in [0.15, 0.2) is 24.3 Å². The van der Waals surface area contributed by atoms with Crippen LogP contribution in [-0.2, 0) is 11.2 Å². The van der Waals surface area contributed by atoms with Crippen LogP contribution in [0.5, 0.6) is 0 Å². The Morgan fingerprint density at radius 3 is 2.95 bits per heavy atom. The number of halogens is 1. The second kappa shape index (κ2) is 6.40. The number of nitrogens with two attached hydrogens (primary N) is 1. The van der Waals surface area contributed by atoms with Crippen molar-refractivity contribution in [2.45, 2.75) is 31.7 Å². The Morgan fingerprint density at radius 1 is 1.47 bits per heavy atom. The van der Waals surface area contributed by atoms with Crippen molar-refractivity contribution in [1.29, 1.82) is 0 Å². The normalized spacial score (nSPS) is 22.5. The molecule has 104 valence electrons. The number of carbonyl (C=O) groups is 1. The number of hydrogen-bond donors (Lipinski definition) is 1. The second-order valence-corrected chi connectivity index (χ2v) is 5.74. The summed E-state index contributed by atoms with van der Waals surface area (Å²) in [6.07, 6.45) is 3.78. The summed E-state index contributed by atoms with van der Waals surface area (Å²) in [4.78, 5) is 14.2. The lowest BCUT2D eigenvalue weighted by atomic mass is 10.0. The molecule has 1 aliphatic rings. The minimum Gasteiger partial charge on any atom is -0.342 e. The topological polar surface area (TPSA) is 46.3 Å². The van der Waals surface area contributed by atoms with Crippen LogP contribution in [0.2, 0.25) is 5.02 Å². The van der Waals surface area contributed by atoms with Gasteiger partial charge in [-0.1, -0.05) is 30.2 Å². The van der Waals surface area contributed by atoms with E-state index >= 15 is 0 Å². The Morgan fingerprint density at radius 2 is 2.26 bits per heavy atom. The van der Waals surface area contributed by atoms with Gasteiger partial charge in [0, 0.05) is 18.1 Å². The van der Waals surface area contributed by atoms with Gasteiger partial charge in [0.05, 0.1) is 6.42 Å². The Hall–Kier alpha value is -1.06. The highest BCUT2D eigenvalue weighted by Crippen LogP contribution is 2.28. The molecular weight excluding hydrogens is 260 g/mol. The summed E-state index contributed by atoms with van der Waals surface area (Å²) in [5.74, 6) is 0.598. The first-order chi connectivity index (χ1) is 9.11. The highest BCUT2D eigenvalue weighted by atomic mass is 35.5. The average Bonchev–Trinajstić information content (AvgIpc) is 2.86. The summed E-state index contributed by atoms with van der Waals surface area (Å²) >= 11 is 5.94. The summed E-state index contributed by atoms with van der Waals surface area (Å²) in [6, 6.07) is 7.79. The van der Waals surface area contributed by atoms with Gasteiger partial charge in [-0.2, -0.15) is 0 Å². The monoisotopic (exact) mass is 280 g/mol. The molecule has 1 aromatic carbocycles. The van der Waals surface area contributed by atoms with E-state index in [-0.39, 0.29) is 5.91 Å². The van der Waals surface area contributed by atoms with Crippen LogP contribution in [0.25, 0.3) is 0 Å². The molecule has 4 heteroatoms. The van der Waals surface area contributed by atoms with E-state index in [0.717, 1.165) is 18.4 Å². The van der Waals surface area contributed by atoms with E-state index in [1.165, 1.54) is 6.42 Å². The molecule has 3 nitrogen and oxygen atoms in total. The molecule has 1 aromatic rings. The van der Waals surface area contributed by atoms with Crippen molar-refractivity contribution in [1.82, 2.24) is 4.90 Å². The zero-order valence-corrected chi connectivity index (χ0v) is 12.1. The number of likely N-dealkylation sites (N-methyl/N-ethyl adjacent to an activating group) is 1. The lowest BCUT2D eigenvalue weighted by molar-refractivity contribution is -0.131. The number of nitrogens with zero attached hydrogens (tertiary/aromatic N) is 1. The van der Waals surface area contributed by atoms with E-state index in [9.17, 15) is 4.79 Å². The Kier molecular flexibility index (Phi) is 4.83. The Labute approximate surface area is 119 Å². The first-order valence-corrected chi connectivity index (χ1v) is 7.19. The van der Waals surface area contributed by atoms with E-state index in [1.54, 1.807) is 0 Å². The lowest BCUT2D eigenvalue weighted by Gasteiger charge is -2.29. The van der Waals surface area contributed by atoms with E-state index in [0.29, 0.717) is 29.9 Å². The minimum absolute atomic E-state index is 0.146. The van der Waals surface area contributed by atoms with Crippen LogP contribution in [0.1, 0.15) is 24.8 Å². The quantitative estimate of drug-likeness (QED) is 0.921. The van der Waals surface area contributed by atoms with E-state index < -0.39 is 0 Å². The Bertz CT molecular complexity index is 450. The third kappa shape index (κ3) is 3.48. The van der Waals surface area contributed by atoms with E-state index in [2.05, 4.69) is 0 Å². The molecular formula is C15H21ClN2O. The molecule has 0 aliphatic heterocycles. The van der Waals surface area contributed by atoms with Crippen molar-refractivity contribution in [2.24, 2.45) is 11.7 Å². The van der Waals surface area contributed by atoms with Crippen LogP contribution in [-0.4, -0.2) is 30.4 Å². The first kappa shape index (κ1) is 14.4. The minimum atomic E-state index is 0.146. The predicted octanol–water partition coefficient (Wildman–Crippen LogP) is 2.47. The van der Waals surface area contributed by atoms with Gasteiger partial charge in [-0.3, -0.25) is 4.79 Å². The number of rotatable bonds is 4. The van der Waals surface area contributed by atoms with Crippen molar-refractivity contribution in [3.05, 3.63) is 34.9 Å². The van der Waals surface area contributed by atoms with Crippen molar-refractivity contribution in [3.63, 3.8) is 0 Å². The molecule has 0 radical (unpaired) electrons. The largest absolute Gasteiger partial charge is 0.342 e. The molecule has 0 bridgehead atoms. The van der Waals surface area contributed by atoms with Crippen LogP contribution in [0.4, 0.5) is 0 Å². The zero-order chi connectivity index (χ0) is 13.8. The maximum absolute atomic E-state index is 12.3. The van der Waals surface area contributed by atoms with Gasteiger partial charge in [-0.15, -0.1) is 0 Å². The standard InChI is InChI=1S/C15H21ClN2O/c1-18(14-7-3-5-12(14)10-17)15(19)9-11-4-2-6-13(16)8-11/h2,4,6,8,12,14H,3,5,7,9-10,17H2,1H3. The van der Waals surface area contributed by atoms with Gasteiger partial charge in [0.25, 0.3) is 0 Å². The molecule has 2 N–H and O–H groups in total. The highest BCUT2D eigenvalue weighted by molar-refractivity contribution is 6.30. The van der Waals surface area contributed by atoms with Gasteiger partial charge in [-0.05, 0) is 43.0 Å². The van der Waals surface area contributed by atoms with Gasteiger partial charge < -0.3 is 10.6 Å². The van der Waals surface area contributed by atoms with Crippen LogP contribution in [0.3, 0.4) is 0 Å². The van der Waals surface area contributed by atoms with Gasteiger partial charge in [0.15, 0.2) is 0 Å². The molecule has 1 amide bonds. The van der Waals surface area contributed by atoms with Gasteiger partial charge in [-0.25, -0.2) is 0 Å². The number of carbonyl (C=O) groups excluding carboxylic acids is 1. The van der Waals surface area contributed by atoms with E-state index in [4.69, 9.17) is 17.3 Å². The maximum Gasteiger partial charge on any atom is 0.226 e. The molecule has 0 saturated heterocycles. The molecule has 0 spiro atoms. The van der Waals surface area contributed by atoms with E-state index in [1.807, 2.05) is 36.2 Å². The molecule has 0 aromatic heterocycles. The van der Waals surface area contributed by atoms with Crippen LogP contribution in [0, 0.1) is 5.92 Å². The van der Waals surface area contributed by atoms with Crippen LogP contribution >= 0.6 is 11.6 Å². The van der Waals surface area contributed by atoms with Crippen LogP contribution < -0.4 is 5.73 Å². The Balaban J connectivity index is 1.99. The summed E-state index contributed by atoms with van der Waals surface area (Å²) in [5.41, 5.74) is 6.74. The molecule has 2 atom stereocenters. The van der Waals surface area contributed by atoms with Crippen molar-refractivity contribution < 1.29 is 4.79 Å². The maximum atomic E-state index is 12.3. The number of benzene rings is 1. The number of hydrogen-bond acceptors (Lipinski definition) is 2. The fourth-order valence-corrected chi connectivity index (χ4v) is 3.15. The fourth-order valence-electron chi connectivity index (χ4n) is 2.93. The molecule has 2 rings (SSSR count). The lowest BCUT2D eigenvalue weighted by Crippen LogP contribution is -2.42. The first-order valence-electron chi connectivity index (χ1n) is 6.82. The SMILES string of the molecule is CN(C(=O)Cc1cccc(Cl)c1)C1CCCC1CN. The van der Waals surface area contributed by atoms with Crippen molar-refractivity contribution >= 4 is 17.5 Å². The number of amides is 1. The van der Waals surface area contributed by atoms with Gasteiger partial charge in [0.1, 0.15) is 0 Å². The van der Waals surface area contributed by atoms with Gasteiger partial charge in [0.2, 0.25) is 5.91 Å². The summed E-state index contributed by atoms with van der Waals surface area (Å²) in [7, 11) is 1.89. The average molecular weight is 281 g/mol.